The lowest BCUT2D eigenvalue weighted by Gasteiger charge is -2.40. The molecule has 0 aromatic heterocycles. The van der Waals surface area contributed by atoms with Crippen molar-refractivity contribution in [3.8, 4) is 0 Å². The summed E-state index contributed by atoms with van der Waals surface area (Å²) in [6.07, 6.45) is 68.7. The minimum atomic E-state index is -1.56. The summed E-state index contributed by atoms with van der Waals surface area (Å²) in [6, 6.07) is -0.723. The highest BCUT2D eigenvalue weighted by Gasteiger charge is 2.44. The number of ether oxygens (including phenoxy) is 2. The average Bonchev–Trinajstić information content (AvgIpc) is 3.42. The SMILES string of the molecule is CC/C=C\C/C=C\C/C=C\C/C=C\CCCCCCCCCCCCCCC(=O)NC(COC1OC(CO)C(O)C(O)C1O)C(O)CCCCCCCCCCCCCCCCCCCCCCCCCCCCCC. The fourth-order valence-electron chi connectivity index (χ4n) is 10.6. The Hall–Kier alpha value is -1.85. The van der Waals surface area contributed by atoms with Gasteiger partial charge in [-0.2, -0.15) is 0 Å². The normalized spacial score (nSPS) is 19.1. The Bertz CT molecular complexity index is 1340. The highest BCUT2D eigenvalue weighted by Crippen LogP contribution is 2.24. The van der Waals surface area contributed by atoms with Gasteiger partial charge < -0.3 is 40.3 Å². The van der Waals surface area contributed by atoms with E-state index in [0.717, 1.165) is 64.2 Å². The van der Waals surface area contributed by atoms with Crippen LogP contribution in [0.2, 0.25) is 0 Å². The summed E-state index contributed by atoms with van der Waals surface area (Å²) >= 11 is 0. The monoisotopic (exact) mass is 1070 g/mol. The number of unbranched alkanes of at least 4 members (excludes halogenated alkanes) is 39. The third kappa shape index (κ3) is 44.9. The topological polar surface area (TPSA) is 149 Å². The summed E-state index contributed by atoms with van der Waals surface area (Å²) in [4.78, 5) is 13.1. The van der Waals surface area contributed by atoms with Crippen LogP contribution in [-0.4, -0.2) is 87.5 Å². The van der Waals surface area contributed by atoms with Gasteiger partial charge >= 0.3 is 0 Å². The molecule has 0 saturated carbocycles. The van der Waals surface area contributed by atoms with Crippen LogP contribution in [0.25, 0.3) is 0 Å². The quantitative estimate of drug-likeness (QED) is 0.0261. The summed E-state index contributed by atoms with van der Waals surface area (Å²) in [5, 5.41) is 54.9. The van der Waals surface area contributed by atoms with Crippen molar-refractivity contribution in [3.05, 3.63) is 48.6 Å². The molecule has 7 atom stereocenters. The van der Waals surface area contributed by atoms with Crippen LogP contribution in [0.3, 0.4) is 0 Å². The third-order valence-electron chi connectivity index (χ3n) is 15.7. The Morgan fingerprint density at radius 3 is 1.21 bits per heavy atom. The Kier molecular flexibility index (Phi) is 53.6. The van der Waals surface area contributed by atoms with E-state index in [4.69, 9.17) is 9.47 Å². The van der Waals surface area contributed by atoms with Crippen LogP contribution in [0, 0.1) is 0 Å². The minimum absolute atomic E-state index is 0.138. The Balaban J connectivity index is 2.14. The molecule has 1 aliphatic rings. The molecule has 9 heteroatoms. The molecule has 7 unspecified atom stereocenters. The van der Waals surface area contributed by atoms with Gasteiger partial charge in [-0.05, 0) is 51.4 Å². The predicted octanol–water partition coefficient (Wildman–Crippen LogP) is 17.2. The van der Waals surface area contributed by atoms with Crippen LogP contribution in [0.15, 0.2) is 48.6 Å². The first-order valence-electron chi connectivity index (χ1n) is 32.8. The number of carbonyl (C=O) groups excluding carboxylic acids is 1. The van der Waals surface area contributed by atoms with Gasteiger partial charge in [0, 0.05) is 6.42 Å². The van der Waals surface area contributed by atoms with Crippen molar-refractivity contribution in [3.63, 3.8) is 0 Å². The van der Waals surface area contributed by atoms with Gasteiger partial charge in [0.15, 0.2) is 6.29 Å². The maximum absolute atomic E-state index is 13.1. The molecule has 1 heterocycles. The van der Waals surface area contributed by atoms with Gasteiger partial charge in [0.1, 0.15) is 24.4 Å². The summed E-state index contributed by atoms with van der Waals surface area (Å²) in [5.41, 5.74) is 0. The average molecular weight is 1070 g/mol. The van der Waals surface area contributed by atoms with Gasteiger partial charge in [-0.15, -0.1) is 0 Å². The van der Waals surface area contributed by atoms with Crippen molar-refractivity contribution in [1.29, 1.82) is 0 Å². The molecule has 1 fully saturated rings. The van der Waals surface area contributed by atoms with Gasteiger partial charge in [-0.1, -0.05) is 306 Å². The molecule has 6 N–H and O–H groups in total. The van der Waals surface area contributed by atoms with E-state index in [9.17, 15) is 30.3 Å². The summed E-state index contributed by atoms with van der Waals surface area (Å²) < 4.78 is 11.4. The number of amides is 1. The van der Waals surface area contributed by atoms with Crippen LogP contribution in [0.4, 0.5) is 0 Å². The van der Waals surface area contributed by atoms with Gasteiger partial charge in [0.05, 0.1) is 25.4 Å². The molecule has 1 saturated heterocycles. The third-order valence-corrected chi connectivity index (χ3v) is 15.7. The molecule has 9 nitrogen and oxygen atoms in total. The van der Waals surface area contributed by atoms with Crippen LogP contribution in [-0.2, 0) is 14.3 Å². The van der Waals surface area contributed by atoms with Crippen molar-refractivity contribution in [1.82, 2.24) is 5.32 Å². The van der Waals surface area contributed by atoms with E-state index in [1.54, 1.807) is 0 Å². The highest BCUT2D eigenvalue weighted by atomic mass is 16.7. The second-order valence-corrected chi connectivity index (χ2v) is 22.9. The molecule has 1 rings (SSSR count). The van der Waals surface area contributed by atoms with E-state index in [2.05, 4.69) is 67.8 Å². The smallest absolute Gasteiger partial charge is 0.220 e. The van der Waals surface area contributed by atoms with E-state index >= 15 is 0 Å². The molecule has 0 aromatic rings. The van der Waals surface area contributed by atoms with Crippen molar-refractivity contribution < 1.29 is 39.8 Å². The van der Waals surface area contributed by atoms with Crippen LogP contribution >= 0.6 is 0 Å². The minimum Gasteiger partial charge on any atom is -0.394 e. The fourth-order valence-corrected chi connectivity index (χ4v) is 10.6. The lowest BCUT2D eigenvalue weighted by Crippen LogP contribution is -2.60. The number of aliphatic hydroxyl groups is 5. The number of allylic oxidation sites excluding steroid dienone is 8. The number of aliphatic hydroxyl groups excluding tert-OH is 5. The van der Waals surface area contributed by atoms with Gasteiger partial charge in [0.25, 0.3) is 0 Å². The van der Waals surface area contributed by atoms with E-state index in [0.29, 0.717) is 12.8 Å². The highest BCUT2D eigenvalue weighted by molar-refractivity contribution is 5.76. The zero-order valence-electron chi connectivity index (χ0n) is 49.8. The molecular weight excluding hydrogens is 947 g/mol. The number of rotatable bonds is 57. The number of nitrogens with one attached hydrogen (secondary N) is 1. The zero-order chi connectivity index (χ0) is 55.0. The maximum atomic E-state index is 13.1. The molecule has 0 spiro atoms. The number of carbonyl (C=O) groups is 1. The first kappa shape index (κ1) is 72.2. The molecule has 1 aliphatic heterocycles. The molecule has 446 valence electrons. The summed E-state index contributed by atoms with van der Waals surface area (Å²) in [5.74, 6) is -0.143. The second-order valence-electron chi connectivity index (χ2n) is 22.9. The Morgan fingerprint density at radius 1 is 0.461 bits per heavy atom. The molecule has 0 aliphatic carbocycles. The van der Waals surface area contributed by atoms with Gasteiger partial charge in [0.2, 0.25) is 5.91 Å². The van der Waals surface area contributed by atoms with E-state index in [1.807, 2.05) is 0 Å². The predicted molar refractivity (Wildman–Crippen MR) is 323 cm³/mol. The van der Waals surface area contributed by atoms with Crippen molar-refractivity contribution >= 4 is 5.91 Å². The van der Waals surface area contributed by atoms with Gasteiger partial charge in [-0.3, -0.25) is 4.79 Å². The lowest BCUT2D eigenvalue weighted by atomic mass is 9.99. The first-order chi connectivity index (χ1) is 37.3. The zero-order valence-corrected chi connectivity index (χ0v) is 49.8. The van der Waals surface area contributed by atoms with E-state index < -0.39 is 49.5 Å². The standard InChI is InChI=1S/C67H125NO8/c1-3-5-7-9-11-13-15-17-19-21-23-25-27-29-30-31-33-34-36-38-40-42-44-46-48-50-52-54-56-61(70)60(59-75-67-66(74)65(73)64(72)62(58-69)76-67)68-63(71)57-55-53-51-49-47-45-43-41-39-37-35-32-28-26-24-22-20-18-16-14-12-10-8-6-4-2/h6,8,12,14,18,20,24,26,60-62,64-67,69-70,72-74H,3-5,7,9-11,13,15-17,19,21-23,25,27-59H2,1-2H3,(H,68,71)/b8-6-,14-12-,20-18-,26-24-. The van der Waals surface area contributed by atoms with Crippen molar-refractivity contribution in [2.45, 2.75) is 358 Å². The molecule has 0 radical (unpaired) electrons. The van der Waals surface area contributed by atoms with E-state index in [-0.39, 0.29) is 12.5 Å². The Labute approximate surface area is 469 Å². The van der Waals surface area contributed by atoms with Crippen molar-refractivity contribution in [2.75, 3.05) is 13.2 Å². The van der Waals surface area contributed by atoms with Gasteiger partial charge in [-0.25, -0.2) is 0 Å². The van der Waals surface area contributed by atoms with E-state index in [1.165, 1.54) is 225 Å². The first-order valence-corrected chi connectivity index (χ1v) is 32.8. The second kappa shape index (κ2) is 56.4. The van der Waals surface area contributed by atoms with Crippen LogP contribution < -0.4 is 5.32 Å². The molecule has 0 bridgehead atoms. The van der Waals surface area contributed by atoms with Crippen LogP contribution in [0.1, 0.15) is 316 Å². The molecular formula is C67H125NO8. The maximum Gasteiger partial charge on any atom is 0.220 e. The summed E-state index contributed by atoms with van der Waals surface area (Å²) in [6.45, 7) is 3.77. The molecule has 1 amide bonds. The number of hydrogen-bond acceptors (Lipinski definition) is 8. The molecule has 76 heavy (non-hydrogen) atoms. The fraction of sp³-hybridized carbons (Fsp3) is 0.866. The van der Waals surface area contributed by atoms with Crippen LogP contribution in [0.5, 0.6) is 0 Å². The molecule has 0 aromatic carbocycles. The Morgan fingerprint density at radius 2 is 0.816 bits per heavy atom. The van der Waals surface area contributed by atoms with Crippen molar-refractivity contribution in [2.24, 2.45) is 0 Å². The summed E-state index contributed by atoms with van der Waals surface area (Å²) in [7, 11) is 0. The lowest BCUT2D eigenvalue weighted by molar-refractivity contribution is -0.302. The number of hydrogen-bond donors (Lipinski definition) is 6. The largest absolute Gasteiger partial charge is 0.394 e.